The smallest absolute Gasteiger partial charge is 0.228 e. The maximum Gasteiger partial charge on any atom is 0.228 e. The van der Waals surface area contributed by atoms with Crippen molar-refractivity contribution in [2.24, 2.45) is 0 Å². The number of aromatic nitrogens is 5. The number of hydrogen-bond donors (Lipinski definition) is 0. The molecule has 0 bridgehead atoms. The van der Waals surface area contributed by atoms with E-state index >= 15 is 0 Å². The molecule has 0 N–H and O–H groups in total. The van der Waals surface area contributed by atoms with Crippen LogP contribution < -0.4 is 4.90 Å². The molecule has 4 aromatic rings. The first-order chi connectivity index (χ1) is 14.7. The highest BCUT2D eigenvalue weighted by molar-refractivity contribution is 7.99. The zero-order chi connectivity index (χ0) is 20.5. The molecule has 3 aromatic heterocycles. The zero-order valence-electron chi connectivity index (χ0n) is 16.9. The normalized spacial score (nSPS) is 14.5. The van der Waals surface area contributed by atoms with E-state index in [2.05, 4.69) is 61.2 Å². The Balaban J connectivity index is 1.57. The van der Waals surface area contributed by atoms with E-state index in [4.69, 9.17) is 9.72 Å². The number of anilines is 1. The minimum absolute atomic E-state index is 0.722. The fraction of sp³-hybridized carbons (Fsp3) is 0.333. The molecule has 0 aliphatic carbocycles. The Morgan fingerprint density at radius 2 is 1.90 bits per heavy atom. The third-order valence-electron chi connectivity index (χ3n) is 5.09. The van der Waals surface area contributed by atoms with Gasteiger partial charge in [-0.3, -0.25) is 4.57 Å². The molecule has 5 rings (SSSR count). The summed E-state index contributed by atoms with van der Waals surface area (Å²) in [4.78, 5) is 12.7. The number of morpholine rings is 1. The van der Waals surface area contributed by atoms with E-state index in [1.807, 2.05) is 13.0 Å². The van der Waals surface area contributed by atoms with Gasteiger partial charge in [-0.2, -0.15) is 0 Å². The molecule has 7 nitrogen and oxygen atoms in total. The average molecular weight is 439 g/mol. The molecule has 0 amide bonds. The van der Waals surface area contributed by atoms with Crippen LogP contribution in [0.15, 0.2) is 45.9 Å². The molecule has 4 heterocycles. The van der Waals surface area contributed by atoms with Gasteiger partial charge < -0.3 is 9.64 Å². The second-order valence-corrected chi connectivity index (χ2v) is 8.81. The number of hydrogen-bond acceptors (Lipinski definition) is 8. The van der Waals surface area contributed by atoms with Crippen LogP contribution in [0.4, 0.5) is 5.95 Å². The van der Waals surface area contributed by atoms with E-state index in [0.717, 1.165) is 70.6 Å². The van der Waals surface area contributed by atoms with Crippen LogP contribution in [-0.2, 0) is 11.3 Å². The van der Waals surface area contributed by atoms with Gasteiger partial charge in [0.15, 0.2) is 5.16 Å². The van der Waals surface area contributed by atoms with Crippen LogP contribution in [0.25, 0.3) is 21.3 Å². The quantitative estimate of drug-likeness (QED) is 0.431. The van der Waals surface area contributed by atoms with Crippen molar-refractivity contribution in [3.05, 3.63) is 41.5 Å². The lowest BCUT2D eigenvalue weighted by Gasteiger charge is -2.27. The summed E-state index contributed by atoms with van der Waals surface area (Å²) in [6.07, 6.45) is 0. The summed E-state index contributed by atoms with van der Waals surface area (Å²) in [5.41, 5.74) is 2.33. The molecule has 1 aliphatic rings. The van der Waals surface area contributed by atoms with E-state index < -0.39 is 0 Å². The Bertz CT molecular complexity index is 1170. The topological polar surface area (TPSA) is 69.0 Å². The van der Waals surface area contributed by atoms with Gasteiger partial charge in [-0.25, -0.2) is 9.97 Å². The molecule has 0 radical (unpaired) electrons. The number of aryl methyl sites for hydroxylation is 1. The van der Waals surface area contributed by atoms with Crippen LogP contribution in [0.5, 0.6) is 0 Å². The monoisotopic (exact) mass is 438 g/mol. The highest BCUT2D eigenvalue weighted by Gasteiger charge is 2.22. The molecular weight excluding hydrogens is 416 g/mol. The van der Waals surface area contributed by atoms with Gasteiger partial charge in [-0.05, 0) is 31.2 Å². The fourth-order valence-corrected chi connectivity index (χ4v) is 5.75. The summed E-state index contributed by atoms with van der Waals surface area (Å²) in [6, 6.07) is 10.4. The van der Waals surface area contributed by atoms with Crippen LogP contribution >= 0.6 is 23.1 Å². The Hall–Kier alpha value is -2.49. The van der Waals surface area contributed by atoms with Crippen LogP contribution in [0, 0.1) is 6.92 Å². The van der Waals surface area contributed by atoms with Gasteiger partial charge in [0, 0.05) is 30.6 Å². The summed E-state index contributed by atoms with van der Waals surface area (Å²) in [7, 11) is 0. The average Bonchev–Trinajstić information content (AvgIpc) is 3.39. The lowest BCUT2D eigenvalue weighted by Crippen LogP contribution is -2.38. The highest BCUT2D eigenvalue weighted by Crippen LogP contribution is 2.40. The van der Waals surface area contributed by atoms with E-state index in [9.17, 15) is 0 Å². The maximum absolute atomic E-state index is 5.48. The van der Waals surface area contributed by atoms with Crippen LogP contribution in [0.3, 0.4) is 0 Å². The zero-order valence-corrected chi connectivity index (χ0v) is 18.5. The van der Waals surface area contributed by atoms with Gasteiger partial charge in [-0.1, -0.05) is 30.3 Å². The largest absolute Gasteiger partial charge is 0.378 e. The van der Waals surface area contributed by atoms with Gasteiger partial charge in [0.05, 0.1) is 18.6 Å². The van der Waals surface area contributed by atoms with Gasteiger partial charge in [0.25, 0.3) is 0 Å². The summed E-state index contributed by atoms with van der Waals surface area (Å²) >= 11 is 3.22. The molecule has 9 heteroatoms. The Labute approximate surface area is 183 Å². The number of nitrogens with zero attached hydrogens (tertiary/aromatic N) is 6. The van der Waals surface area contributed by atoms with E-state index in [0.29, 0.717) is 0 Å². The van der Waals surface area contributed by atoms with Crippen molar-refractivity contribution in [1.82, 2.24) is 24.7 Å². The standard InChI is InChI=1S/C21H22N6OS2/c1-3-27-20(26-9-11-28-12-10-26)24-25-21(27)30-19-17-16(15-7-5-4-6-8-15)13-29-18(17)22-14(2)23-19/h4-8,13H,3,9-12H2,1-2H3. The minimum Gasteiger partial charge on any atom is -0.378 e. The van der Waals surface area contributed by atoms with Gasteiger partial charge >= 0.3 is 0 Å². The Morgan fingerprint density at radius 3 is 2.67 bits per heavy atom. The predicted molar refractivity (Wildman–Crippen MR) is 120 cm³/mol. The molecule has 154 valence electrons. The summed E-state index contributed by atoms with van der Waals surface area (Å²) in [5.74, 6) is 1.67. The molecular formula is C21H22N6OS2. The third kappa shape index (κ3) is 3.57. The second kappa shape index (κ2) is 8.33. The first-order valence-electron chi connectivity index (χ1n) is 9.99. The molecule has 0 atom stereocenters. The molecule has 1 fully saturated rings. The fourth-order valence-electron chi connectivity index (χ4n) is 3.63. The van der Waals surface area contributed by atoms with Gasteiger partial charge in [0.2, 0.25) is 5.95 Å². The number of fused-ring (bicyclic) bond motifs is 1. The van der Waals surface area contributed by atoms with Crippen molar-refractivity contribution in [2.75, 3.05) is 31.2 Å². The van der Waals surface area contributed by atoms with E-state index in [1.165, 1.54) is 5.56 Å². The van der Waals surface area contributed by atoms with Crippen molar-refractivity contribution in [1.29, 1.82) is 0 Å². The lowest BCUT2D eigenvalue weighted by atomic mass is 10.1. The SMILES string of the molecule is CCn1c(Sc2nc(C)nc3scc(-c4ccccc4)c23)nnc1N1CCOCC1. The van der Waals surface area contributed by atoms with Gasteiger partial charge in [0.1, 0.15) is 15.7 Å². The van der Waals surface area contributed by atoms with Crippen molar-refractivity contribution < 1.29 is 4.74 Å². The van der Waals surface area contributed by atoms with Crippen molar-refractivity contribution in [3.63, 3.8) is 0 Å². The summed E-state index contributed by atoms with van der Waals surface area (Å²) in [6.45, 7) is 7.97. The molecule has 0 saturated carbocycles. The number of rotatable bonds is 5. The number of ether oxygens (including phenoxy) is 1. The summed E-state index contributed by atoms with van der Waals surface area (Å²) in [5, 5.41) is 14.0. The predicted octanol–water partition coefficient (Wildman–Crippen LogP) is 4.27. The van der Waals surface area contributed by atoms with Crippen LogP contribution in [-0.4, -0.2) is 51.0 Å². The molecule has 1 saturated heterocycles. The molecule has 0 spiro atoms. The van der Waals surface area contributed by atoms with Crippen molar-refractivity contribution in [2.45, 2.75) is 30.6 Å². The highest BCUT2D eigenvalue weighted by atomic mass is 32.2. The summed E-state index contributed by atoms with van der Waals surface area (Å²) < 4.78 is 7.65. The Kier molecular flexibility index (Phi) is 5.41. The number of thiophene rings is 1. The third-order valence-corrected chi connectivity index (χ3v) is 6.94. The first-order valence-corrected chi connectivity index (χ1v) is 11.7. The maximum atomic E-state index is 5.48. The van der Waals surface area contributed by atoms with Gasteiger partial charge in [-0.15, -0.1) is 21.5 Å². The molecule has 1 aliphatic heterocycles. The second-order valence-electron chi connectivity index (χ2n) is 7.00. The van der Waals surface area contributed by atoms with E-state index in [-0.39, 0.29) is 0 Å². The molecule has 30 heavy (non-hydrogen) atoms. The lowest BCUT2D eigenvalue weighted by molar-refractivity contribution is 0.121. The Morgan fingerprint density at radius 1 is 1.10 bits per heavy atom. The van der Waals surface area contributed by atoms with Crippen molar-refractivity contribution in [3.8, 4) is 11.1 Å². The molecule has 1 aromatic carbocycles. The van der Waals surface area contributed by atoms with Crippen LogP contribution in [0.2, 0.25) is 0 Å². The van der Waals surface area contributed by atoms with Crippen LogP contribution in [0.1, 0.15) is 12.7 Å². The number of benzene rings is 1. The van der Waals surface area contributed by atoms with Crippen molar-refractivity contribution >= 4 is 39.3 Å². The van der Waals surface area contributed by atoms with E-state index in [1.54, 1.807) is 23.1 Å². The first kappa shape index (κ1) is 19.5. The minimum atomic E-state index is 0.722. The molecule has 0 unspecified atom stereocenters.